The molecular formula is C20H15FO5. The maximum absolute atomic E-state index is 13.0. The number of halogens is 1. The summed E-state index contributed by atoms with van der Waals surface area (Å²) in [6, 6.07) is 10.3. The lowest BCUT2D eigenvalue weighted by Crippen LogP contribution is -2.24. The molecule has 4 rings (SSSR count). The van der Waals surface area contributed by atoms with Crippen LogP contribution in [0, 0.1) is 5.82 Å². The van der Waals surface area contributed by atoms with E-state index in [1.807, 2.05) is 0 Å². The van der Waals surface area contributed by atoms with E-state index < -0.39 is 12.1 Å². The maximum Gasteiger partial charge on any atom is 0.340 e. The molecule has 5 nitrogen and oxygen atoms in total. The summed E-state index contributed by atoms with van der Waals surface area (Å²) in [5, 5.41) is 0. The second-order valence-electron chi connectivity index (χ2n) is 6.07. The number of ketones is 1. The summed E-state index contributed by atoms with van der Waals surface area (Å²) in [6.45, 7) is 0.555. The van der Waals surface area contributed by atoms with Crippen molar-refractivity contribution in [3.63, 3.8) is 0 Å². The summed E-state index contributed by atoms with van der Waals surface area (Å²) in [5.74, 6) is -0.336. The van der Waals surface area contributed by atoms with Gasteiger partial charge in [-0.2, -0.15) is 0 Å². The molecule has 0 N–H and O–H groups in total. The molecule has 2 aromatic rings. The molecule has 2 heterocycles. The van der Waals surface area contributed by atoms with Gasteiger partial charge in [-0.15, -0.1) is 0 Å². The number of ether oxygens (including phenoxy) is 3. The molecule has 2 aliphatic heterocycles. The minimum atomic E-state index is -0.542. The van der Waals surface area contributed by atoms with E-state index in [0.717, 1.165) is 6.42 Å². The van der Waals surface area contributed by atoms with Crippen LogP contribution in [0.5, 0.6) is 11.5 Å². The molecule has 2 aromatic carbocycles. The summed E-state index contributed by atoms with van der Waals surface area (Å²) in [5.41, 5.74) is 1.03. The third kappa shape index (κ3) is 3.23. The van der Waals surface area contributed by atoms with Crippen molar-refractivity contribution in [2.45, 2.75) is 18.9 Å². The van der Waals surface area contributed by atoms with Crippen molar-refractivity contribution in [1.29, 1.82) is 0 Å². The highest BCUT2D eigenvalue weighted by Gasteiger charge is 2.29. The number of carbonyl (C=O) groups excluding carboxylic acids is 2. The number of benzene rings is 2. The Morgan fingerprint density at radius 1 is 1.19 bits per heavy atom. The lowest BCUT2D eigenvalue weighted by Gasteiger charge is -2.09. The van der Waals surface area contributed by atoms with E-state index in [4.69, 9.17) is 14.2 Å². The lowest BCUT2D eigenvalue weighted by atomic mass is 10.1. The summed E-state index contributed by atoms with van der Waals surface area (Å²) < 4.78 is 29.2. The van der Waals surface area contributed by atoms with Gasteiger partial charge in [0, 0.05) is 12.7 Å². The first-order valence-corrected chi connectivity index (χ1v) is 8.27. The highest BCUT2D eigenvalue weighted by molar-refractivity contribution is 6.14. The number of hydrogen-bond donors (Lipinski definition) is 0. The quantitative estimate of drug-likeness (QED) is 0.479. The van der Waals surface area contributed by atoms with Crippen molar-refractivity contribution in [2.24, 2.45) is 0 Å². The molecule has 2 aliphatic rings. The molecule has 1 atom stereocenters. The van der Waals surface area contributed by atoms with Crippen molar-refractivity contribution in [1.82, 2.24) is 0 Å². The van der Waals surface area contributed by atoms with Crippen LogP contribution in [0.3, 0.4) is 0 Å². The van der Waals surface area contributed by atoms with Crippen LogP contribution in [-0.4, -0.2) is 24.5 Å². The van der Waals surface area contributed by atoms with Crippen LogP contribution in [0.4, 0.5) is 4.39 Å². The Labute approximate surface area is 149 Å². The summed E-state index contributed by atoms with van der Waals surface area (Å²) in [4.78, 5) is 24.4. The van der Waals surface area contributed by atoms with Gasteiger partial charge in [-0.05, 0) is 48.7 Å². The van der Waals surface area contributed by atoms with Crippen molar-refractivity contribution >= 4 is 17.8 Å². The van der Waals surface area contributed by atoms with Gasteiger partial charge in [-0.1, -0.05) is 12.1 Å². The van der Waals surface area contributed by atoms with Crippen molar-refractivity contribution < 1.29 is 28.2 Å². The third-order valence-electron chi connectivity index (χ3n) is 4.22. The van der Waals surface area contributed by atoms with Gasteiger partial charge >= 0.3 is 5.97 Å². The van der Waals surface area contributed by atoms with Gasteiger partial charge in [-0.25, -0.2) is 9.18 Å². The van der Waals surface area contributed by atoms with E-state index in [0.29, 0.717) is 35.7 Å². The fraction of sp³-hybridized carbons (Fsp3) is 0.200. The average molecular weight is 354 g/mol. The minimum Gasteiger partial charge on any atom is -0.452 e. The number of rotatable bonds is 3. The number of Topliss-reactive ketones (excluding diaryl/α,β-unsaturated/α-hetero) is 1. The van der Waals surface area contributed by atoms with Crippen molar-refractivity contribution in [3.05, 3.63) is 65.2 Å². The molecule has 0 bridgehead atoms. The monoisotopic (exact) mass is 354 g/mol. The molecule has 0 aromatic heterocycles. The maximum atomic E-state index is 13.0. The van der Waals surface area contributed by atoms with Gasteiger partial charge in [0.05, 0.1) is 5.56 Å². The largest absolute Gasteiger partial charge is 0.452 e. The molecule has 1 fully saturated rings. The molecule has 132 valence electrons. The molecule has 0 radical (unpaired) electrons. The second kappa shape index (κ2) is 6.72. The number of fused-ring (bicyclic) bond motifs is 1. The van der Waals surface area contributed by atoms with Crippen LogP contribution in [0.15, 0.2) is 48.2 Å². The van der Waals surface area contributed by atoms with Crippen molar-refractivity contribution in [3.8, 4) is 11.5 Å². The Morgan fingerprint density at radius 2 is 2.00 bits per heavy atom. The van der Waals surface area contributed by atoms with Crippen LogP contribution in [0.25, 0.3) is 6.08 Å². The molecule has 6 heteroatoms. The van der Waals surface area contributed by atoms with E-state index in [2.05, 4.69) is 0 Å². The van der Waals surface area contributed by atoms with Crippen LogP contribution in [-0.2, 0) is 9.53 Å². The highest BCUT2D eigenvalue weighted by atomic mass is 19.1. The van der Waals surface area contributed by atoms with Gasteiger partial charge < -0.3 is 14.2 Å². The van der Waals surface area contributed by atoms with E-state index in [-0.39, 0.29) is 17.4 Å². The topological polar surface area (TPSA) is 61.8 Å². The predicted molar refractivity (Wildman–Crippen MR) is 90.4 cm³/mol. The Hall–Kier alpha value is -2.99. The van der Waals surface area contributed by atoms with Crippen LogP contribution in [0.2, 0.25) is 0 Å². The molecule has 0 aliphatic carbocycles. The number of hydrogen-bond acceptors (Lipinski definition) is 5. The molecular weight excluding hydrogens is 339 g/mol. The molecule has 0 saturated carbocycles. The summed E-state index contributed by atoms with van der Waals surface area (Å²) in [6.07, 6.45) is 2.47. The fourth-order valence-corrected chi connectivity index (χ4v) is 2.89. The van der Waals surface area contributed by atoms with Gasteiger partial charge in [0.25, 0.3) is 0 Å². The molecule has 0 spiro atoms. The molecule has 1 saturated heterocycles. The summed E-state index contributed by atoms with van der Waals surface area (Å²) >= 11 is 0. The van der Waals surface area contributed by atoms with Gasteiger partial charge in [0.1, 0.15) is 17.3 Å². The standard InChI is InChI=1S/C20H15FO5/c21-13-5-3-12(4-6-13)10-18-19(22)15-8-7-14(11-17(15)26-18)25-20(23)16-2-1-9-24-16/h3-8,10-11,16H,1-2,9H2/b18-10-. The Kier molecular flexibility index (Phi) is 4.26. The Bertz CT molecular complexity index is 895. The van der Waals surface area contributed by atoms with Crippen LogP contribution >= 0.6 is 0 Å². The third-order valence-corrected chi connectivity index (χ3v) is 4.22. The summed E-state index contributed by atoms with van der Waals surface area (Å²) in [7, 11) is 0. The molecule has 1 unspecified atom stereocenters. The first kappa shape index (κ1) is 16.5. The lowest BCUT2D eigenvalue weighted by molar-refractivity contribution is -0.144. The van der Waals surface area contributed by atoms with Crippen LogP contribution < -0.4 is 9.47 Å². The zero-order valence-electron chi connectivity index (χ0n) is 13.7. The Balaban J connectivity index is 1.52. The van der Waals surface area contributed by atoms with E-state index >= 15 is 0 Å². The van der Waals surface area contributed by atoms with E-state index in [1.54, 1.807) is 30.3 Å². The van der Waals surface area contributed by atoms with Crippen molar-refractivity contribution in [2.75, 3.05) is 6.61 Å². The number of esters is 1. The molecule has 0 amide bonds. The predicted octanol–water partition coefficient (Wildman–Crippen LogP) is 3.53. The highest BCUT2D eigenvalue weighted by Crippen LogP contribution is 2.35. The number of carbonyl (C=O) groups is 2. The first-order valence-electron chi connectivity index (χ1n) is 8.27. The van der Waals surface area contributed by atoms with Gasteiger partial charge in [0.15, 0.2) is 11.9 Å². The van der Waals surface area contributed by atoms with Gasteiger partial charge in [0.2, 0.25) is 5.78 Å². The van der Waals surface area contributed by atoms with Crippen LogP contribution in [0.1, 0.15) is 28.8 Å². The zero-order chi connectivity index (χ0) is 18.1. The fourth-order valence-electron chi connectivity index (χ4n) is 2.89. The minimum absolute atomic E-state index is 0.134. The SMILES string of the molecule is O=C1/C(=C/c2ccc(F)cc2)Oc2cc(OC(=O)C3CCCO3)ccc21. The first-order chi connectivity index (χ1) is 12.6. The molecule has 26 heavy (non-hydrogen) atoms. The second-order valence-corrected chi connectivity index (χ2v) is 6.07. The number of allylic oxidation sites excluding steroid dienone is 1. The smallest absolute Gasteiger partial charge is 0.340 e. The average Bonchev–Trinajstić information content (AvgIpc) is 3.26. The Morgan fingerprint density at radius 3 is 2.73 bits per heavy atom. The van der Waals surface area contributed by atoms with E-state index in [9.17, 15) is 14.0 Å². The normalized spacial score (nSPS) is 20.1. The zero-order valence-corrected chi connectivity index (χ0v) is 13.7. The van der Waals surface area contributed by atoms with Gasteiger partial charge in [-0.3, -0.25) is 4.79 Å². The van der Waals surface area contributed by atoms with E-state index in [1.165, 1.54) is 18.2 Å².